The van der Waals surface area contributed by atoms with E-state index in [1.54, 1.807) is 12.3 Å². The molecule has 4 nitrogen and oxygen atoms in total. The quantitative estimate of drug-likeness (QED) is 0.859. The van der Waals surface area contributed by atoms with Gasteiger partial charge in [0, 0.05) is 12.2 Å². The third-order valence-corrected chi connectivity index (χ3v) is 3.78. The SMILES string of the molecule is CCC1CCC(Nc2cc(C(=O)O)ccn2)CC1. The predicted molar refractivity (Wildman–Crippen MR) is 70.9 cm³/mol. The van der Waals surface area contributed by atoms with Gasteiger partial charge in [-0.2, -0.15) is 0 Å². The third-order valence-electron chi connectivity index (χ3n) is 3.78. The van der Waals surface area contributed by atoms with Gasteiger partial charge in [-0.25, -0.2) is 9.78 Å². The molecule has 0 radical (unpaired) electrons. The number of hydrogen-bond acceptors (Lipinski definition) is 3. The van der Waals surface area contributed by atoms with Crippen LogP contribution in [0.1, 0.15) is 49.4 Å². The minimum atomic E-state index is -0.907. The molecule has 0 aliphatic heterocycles. The van der Waals surface area contributed by atoms with Crippen molar-refractivity contribution in [2.45, 2.75) is 45.1 Å². The average Bonchev–Trinajstić information content (AvgIpc) is 2.40. The fraction of sp³-hybridized carbons (Fsp3) is 0.571. The predicted octanol–water partition coefficient (Wildman–Crippen LogP) is 3.16. The number of carboxylic acid groups (broad SMARTS) is 1. The van der Waals surface area contributed by atoms with Crippen molar-refractivity contribution in [3.63, 3.8) is 0 Å². The Morgan fingerprint density at radius 3 is 2.78 bits per heavy atom. The number of carboxylic acids is 1. The van der Waals surface area contributed by atoms with Crippen LogP contribution in [0.5, 0.6) is 0 Å². The molecule has 0 spiro atoms. The molecular weight excluding hydrogens is 228 g/mol. The van der Waals surface area contributed by atoms with E-state index >= 15 is 0 Å². The molecule has 1 heterocycles. The molecule has 0 aromatic carbocycles. The Balaban J connectivity index is 1.94. The smallest absolute Gasteiger partial charge is 0.335 e. The molecule has 1 aromatic rings. The standard InChI is InChI=1S/C14H20N2O2/c1-2-10-3-5-12(6-4-10)16-13-9-11(14(17)18)7-8-15-13/h7-10,12H,2-6H2,1H3,(H,15,16)(H,17,18). The molecule has 98 valence electrons. The van der Waals surface area contributed by atoms with Crippen LogP contribution < -0.4 is 5.32 Å². The largest absolute Gasteiger partial charge is 0.478 e. The Bertz CT molecular complexity index is 412. The monoisotopic (exact) mass is 248 g/mol. The van der Waals surface area contributed by atoms with Crippen LogP contribution in [0, 0.1) is 5.92 Å². The molecule has 2 N–H and O–H groups in total. The fourth-order valence-corrected chi connectivity index (χ4v) is 2.57. The number of rotatable bonds is 4. The van der Waals surface area contributed by atoms with Gasteiger partial charge in [0.05, 0.1) is 5.56 Å². The number of hydrogen-bond donors (Lipinski definition) is 2. The highest BCUT2D eigenvalue weighted by Gasteiger charge is 2.20. The maximum Gasteiger partial charge on any atom is 0.335 e. The summed E-state index contributed by atoms with van der Waals surface area (Å²) in [6.07, 6.45) is 7.62. The molecule has 0 atom stereocenters. The first-order valence-electron chi connectivity index (χ1n) is 6.65. The summed E-state index contributed by atoms with van der Waals surface area (Å²) < 4.78 is 0. The van der Waals surface area contributed by atoms with Gasteiger partial charge in [-0.05, 0) is 43.7 Å². The van der Waals surface area contributed by atoms with E-state index in [9.17, 15) is 4.79 Å². The molecule has 2 rings (SSSR count). The van der Waals surface area contributed by atoms with Gasteiger partial charge < -0.3 is 10.4 Å². The zero-order valence-corrected chi connectivity index (χ0v) is 10.7. The van der Waals surface area contributed by atoms with E-state index in [-0.39, 0.29) is 5.56 Å². The first-order valence-corrected chi connectivity index (χ1v) is 6.65. The zero-order valence-electron chi connectivity index (χ0n) is 10.7. The molecule has 1 aromatic heterocycles. The van der Waals surface area contributed by atoms with E-state index in [0.717, 1.165) is 18.8 Å². The van der Waals surface area contributed by atoms with Crippen LogP contribution >= 0.6 is 0 Å². The van der Waals surface area contributed by atoms with Gasteiger partial charge in [0.1, 0.15) is 5.82 Å². The Morgan fingerprint density at radius 2 is 2.17 bits per heavy atom. The van der Waals surface area contributed by atoms with Crippen LogP contribution in [0.3, 0.4) is 0 Å². The summed E-state index contributed by atoms with van der Waals surface area (Å²) in [5.74, 6) is 0.631. The van der Waals surface area contributed by atoms with Gasteiger partial charge in [0.2, 0.25) is 0 Å². The lowest BCUT2D eigenvalue weighted by molar-refractivity contribution is 0.0697. The third kappa shape index (κ3) is 3.22. The van der Waals surface area contributed by atoms with E-state index in [0.29, 0.717) is 11.9 Å². The molecule has 0 saturated heterocycles. The number of aromatic carboxylic acids is 1. The van der Waals surface area contributed by atoms with Crippen molar-refractivity contribution >= 4 is 11.8 Å². The number of aromatic nitrogens is 1. The van der Waals surface area contributed by atoms with Crippen molar-refractivity contribution in [3.8, 4) is 0 Å². The Morgan fingerprint density at radius 1 is 1.44 bits per heavy atom. The van der Waals surface area contributed by atoms with Crippen LogP contribution in [0.15, 0.2) is 18.3 Å². The van der Waals surface area contributed by atoms with Crippen molar-refractivity contribution in [3.05, 3.63) is 23.9 Å². The Hall–Kier alpha value is -1.58. The van der Waals surface area contributed by atoms with Gasteiger partial charge in [-0.3, -0.25) is 0 Å². The number of nitrogens with zero attached hydrogens (tertiary/aromatic N) is 1. The second kappa shape index (κ2) is 5.85. The van der Waals surface area contributed by atoms with E-state index < -0.39 is 5.97 Å². The normalized spacial score (nSPS) is 23.6. The highest BCUT2D eigenvalue weighted by atomic mass is 16.4. The fourth-order valence-electron chi connectivity index (χ4n) is 2.57. The molecule has 0 bridgehead atoms. The maximum atomic E-state index is 10.9. The van der Waals surface area contributed by atoms with Crippen molar-refractivity contribution in [2.24, 2.45) is 5.92 Å². The molecule has 0 unspecified atom stereocenters. The number of anilines is 1. The summed E-state index contributed by atoms with van der Waals surface area (Å²) in [6, 6.07) is 3.56. The van der Waals surface area contributed by atoms with Crippen LogP contribution in [0.25, 0.3) is 0 Å². The molecule has 1 aliphatic rings. The number of pyridine rings is 1. The topological polar surface area (TPSA) is 62.2 Å². The van der Waals surface area contributed by atoms with Crippen LogP contribution in [-0.2, 0) is 0 Å². The summed E-state index contributed by atoms with van der Waals surface area (Å²) in [5.41, 5.74) is 0.287. The van der Waals surface area contributed by atoms with E-state index in [1.165, 1.54) is 25.3 Å². The van der Waals surface area contributed by atoms with Gasteiger partial charge in [-0.1, -0.05) is 13.3 Å². The summed E-state index contributed by atoms with van der Waals surface area (Å²) in [7, 11) is 0. The van der Waals surface area contributed by atoms with Gasteiger partial charge in [-0.15, -0.1) is 0 Å². The highest BCUT2D eigenvalue weighted by Crippen LogP contribution is 2.28. The lowest BCUT2D eigenvalue weighted by Gasteiger charge is -2.28. The molecule has 1 saturated carbocycles. The van der Waals surface area contributed by atoms with Gasteiger partial charge >= 0.3 is 5.97 Å². The first kappa shape index (κ1) is 12.9. The average molecular weight is 248 g/mol. The van der Waals surface area contributed by atoms with Crippen LogP contribution in [0.2, 0.25) is 0 Å². The minimum Gasteiger partial charge on any atom is -0.478 e. The van der Waals surface area contributed by atoms with Crippen molar-refractivity contribution in [1.29, 1.82) is 0 Å². The minimum absolute atomic E-state index is 0.287. The van der Waals surface area contributed by atoms with E-state index in [2.05, 4.69) is 17.2 Å². The van der Waals surface area contributed by atoms with Crippen LogP contribution in [0.4, 0.5) is 5.82 Å². The van der Waals surface area contributed by atoms with Crippen molar-refractivity contribution in [1.82, 2.24) is 4.98 Å². The first-order chi connectivity index (χ1) is 8.69. The van der Waals surface area contributed by atoms with E-state index in [1.807, 2.05) is 0 Å². The number of nitrogens with one attached hydrogen (secondary N) is 1. The maximum absolute atomic E-state index is 10.9. The second-order valence-electron chi connectivity index (χ2n) is 5.01. The molecule has 1 fully saturated rings. The van der Waals surface area contributed by atoms with Crippen LogP contribution in [-0.4, -0.2) is 22.1 Å². The second-order valence-corrected chi connectivity index (χ2v) is 5.01. The number of carbonyl (C=O) groups is 1. The summed E-state index contributed by atoms with van der Waals surface area (Å²) in [6.45, 7) is 2.25. The molecular formula is C14H20N2O2. The van der Waals surface area contributed by atoms with Crippen molar-refractivity contribution < 1.29 is 9.90 Å². The van der Waals surface area contributed by atoms with Gasteiger partial charge in [0.15, 0.2) is 0 Å². The summed E-state index contributed by atoms with van der Waals surface area (Å²) in [4.78, 5) is 15.1. The lowest BCUT2D eigenvalue weighted by atomic mass is 9.84. The zero-order chi connectivity index (χ0) is 13.0. The Kier molecular flexibility index (Phi) is 4.18. The molecule has 4 heteroatoms. The van der Waals surface area contributed by atoms with Crippen molar-refractivity contribution in [2.75, 3.05) is 5.32 Å². The van der Waals surface area contributed by atoms with E-state index in [4.69, 9.17) is 5.11 Å². The highest BCUT2D eigenvalue weighted by molar-refractivity contribution is 5.88. The lowest BCUT2D eigenvalue weighted by Crippen LogP contribution is -2.26. The molecule has 18 heavy (non-hydrogen) atoms. The summed E-state index contributed by atoms with van der Waals surface area (Å²) >= 11 is 0. The summed E-state index contributed by atoms with van der Waals surface area (Å²) in [5, 5.41) is 12.3. The molecule has 1 aliphatic carbocycles. The Labute approximate surface area is 107 Å². The van der Waals surface area contributed by atoms with Gasteiger partial charge in [0.25, 0.3) is 0 Å². The molecule has 0 amide bonds.